The lowest BCUT2D eigenvalue weighted by Crippen LogP contribution is -1.99. The highest BCUT2D eigenvalue weighted by Crippen LogP contribution is 2.26. The summed E-state index contributed by atoms with van der Waals surface area (Å²) in [5.41, 5.74) is 4.86. The third-order valence-corrected chi connectivity index (χ3v) is 3.69. The molecule has 0 fully saturated rings. The molecule has 0 atom stereocenters. The summed E-state index contributed by atoms with van der Waals surface area (Å²) >= 11 is 0. The number of hydrogen-bond donors (Lipinski definition) is 1. The van der Waals surface area contributed by atoms with Crippen LogP contribution in [0.15, 0.2) is 42.5 Å². The van der Waals surface area contributed by atoms with Gasteiger partial charge < -0.3 is 9.67 Å². The van der Waals surface area contributed by atoms with Crippen molar-refractivity contribution in [2.24, 2.45) is 7.05 Å². The van der Waals surface area contributed by atoms with Crippen LogP contribution in [-0.2, 0) is 18.3 Å². The molecule has 4 heteroatoms. The van der Waals surface area contributed by atoms with E-state index >= 15 is 0 Å². The standard InChI is InChI=1S/C17H16N2O2/c1-11-5-3-4-6-13(11)17-18-14-9-12(10-16(20)21)7-8-15(14)19(17)2/h3-9H,10H2,1-2H3,(H,20,21). The first-order chi connectivity index (χ1) is 10.1. The Hall–Kier alpha value is -2.62. The smallest absolute Gasteiger partial charge is 0.307 e. The van der Waals surface area contributed by atoms with E-state index in [4.69, 9.17) is 5.11 Å². The maximum Gasteiger partial charge on any atom is 0.307 e. The second-order valence-electron chi connectivity index (χ2n) is 5.20. The van der Waals surface area contributed by atoms with Crippen molar-refractivity contribution >= 4 is 17.0 Å². The van der Waals surface area contributed by atoms with Crippen LogP contribution in [0.3, 0.4) is 0 Å². The zero-order valence-corrected chi connectivity index (χ0v) is 12.0. The normalized spacial score (nSPS) is 11.0. The highest BCUT2D eigenvalue weighted by Gasteiger charge is 2.12. The molecule has 0 amide bonds. The van der Waals surface area contributed by atoms with Gasteiger partial charge in [-0.05, 0) is 30.2 Å². The van der Waals surface area contributed by atoms with E-state index in [2.05, 4.69) is 24.0 Å². The van der Waals surface area contributed by atoms with Crippen molar-refractivity contribution in [3.05, 3.63) is 53.6 Å². The minimum atomic E-state index is -0.829. The van der Waals surface area contributed by atoms with E-state index in [-0.39, 0.29) is 6.42 Å². The molecule has 1 heterocycles. The third-order valence-electron chi connectivity index (χ3n) is 3.69. The fourth-order valence-electron chi connectivity index (χ4n) is 2.59. The highest BCUT2D eigenvalue weighted by molar-refractivity contribution is 5.83. The number of nitrogens with zero attached hydrogens (tertiary/aromatic N) is 2. The molecule has 0 aliphatic carbocycles. The minimum absolute atomic E-state index is 0.0201. The molecule has 0 radical (unpaired) electrons. The summed E-state index contributed by atoms with van der Waals surface area (Å²) < 4.78 is 2.04. The predicted octanol–water partition coefficient (Wildman–Crippen LogP) is 3.18. The Morgan fingerprint density at radius 2 is 2.00 bits per heavy atom. The molecule has 1 N–H and O–H groups in total. The molecular formula is C17H16N2O2. The molecular weight excluding hydrogens is 264 g/mol. The first kappa shape index (κ1) is 13.4. The SMILES string of the molecule is Cc1ccccc1-c1nc2cc(CC(=O)O)ccc2n1C. The molecule has 2 aromatic carbocycles. The molecule has 1 aromatic heterocycles. The van der Waals surface area contributed by atoms with Crippen LogP contribution >= 0.6 is 0 Å². The molecule has 3 aromatic rings. The van der Waals surface area contributed by atoms with Crippen molar-refractivity contribution in [3.63, 3.8) is 0 Å². The summed E-state index contributed by atoms with van der Waals surface area (Å²) in [5, 5.41) is 8.89. The number of carboxylic acids is 1. The summed E-state index contributed by atoms with van der Waals surface area (Å²) in [4.78, 5) is 15.5. The Kier molecular flexibility index (Phi) is 3.22. The number of rotatable bonds is 3. The topological polar surface area (TPSA) is 55.1 Å². The fraction of sp³-hybridized carbons (Fsp3) is 0.176. The molecule has 4 nitrogen and oxygen atoms in total. The number of aryl methyl sites for hydroxylation is 2. The molecule has 0 saturated heterocycles. The van der Waals surface area contributed by atoms with Crippen molar-refractivity contribution in [1.82, 2.24) is 9.55 Å². The van der Waals surface area contributed by atoms with Crippen LogP contribution < -0.4 is 0 Å². The lowest BCUT2D eigenvalue weighted by atomic mass is 10.1. The van der Waals surface area contributed by atoms with E-state index in [1.54, 1.807) is 0 Å². The Morgan fingerprint density at radius 1 is 1.24 bits per heavy atom. The number of carbonyl (C=O) groups is 1. The maximum atomic E-state index is 10.8. The lowest BCUT2D eigenvalue weighted by molar-refractivity contribution is -0.136. The van der Waals surface area contributed by atoms with Crippen molar-refractivity contribution in [2.75, 3.05) is 0 Å². The summed E-state index contributed by atoms with van der Waals surface area (Å²) in [5.74, 6) is 0.0694. The van der Waals surface area contributed by atoms with Gasteiger partial charge in [-0.3, -0.25) is 4.79 Å². The summed E-state index contributed by atoms with van der Waals surface area (Å²) in [7, 11) is 1.98. The molecule has 0 saturated carbocycles. The Morgan fingerprint density at radius 3 is 2.71 bits per heavy atom. The summed E-state index contributed by atoms with van der Waals surface area (Å²) in [6.07, 6.45) is 0.0201. The van der Waals surface area contributed by atoms with E-state index in [1.165, 1.54) is 5.56 Å². The van der Waals surface area contributed by atoms with Crippen LogP contribution in [-0.4, -0.2) is 20.6 Å². The quantitative estimate of drug-likeness (QED) is 0.801. The zero-order chi connectivity index (χ0) is 15.0. The largest absolute Gasteiger partial charge is 0.481 e. The lowest BCUT2D eigenvalue weighted by Gasteiger charge is -2.05. The van der Waals surface area contributed by atoms with Gasteiger partial charge in [-0.1, -0.05) is 30.3 Å². The number of aromatic nitrogens is 2. The van der Waals surface area contributed by atoms with Gasteiger partial charge in [0.1, 0.15) is 5.82 Å². The monoisotopic (exact) mass is 280 g/mol. The molecule has 0 unspecified atom stereocenters. The number of aliphatic carboxylic acids is 1. The van der Waals surface area contributed by atoms with Crippen molar-refractivity contribution in [1.29, 1.82) is 0 Å². The van der Waals surface area contributed by atoms with E-state index in [9.17, 15) is 4.79 Å². The first-order valence-electron chi connectivity index (χ1n) is 6.79. The molecule has 0 aliphatic heterocycles. The molecule has 3 rings (SSSR count). The van der Waals surface area contributed by atoms with Gasteiger partial charge in [0, 0.05) is 12.6 Å². The third kappa shape index (κ3) is 2.40. The second kappa shape index (κ2) is 5.05. The molecule has 21 heavy (non-hydrogen) atoms. The molecule has 106 valence electrons. The van der Waals surface area contributed by atoms with Crippen LogP contribution in [0, 0.1) is 6.92 Å². The number of imidazole rings is 1. The Bertz CT molecular complexity index is 834. The van der Waals surface area contributed by atoms with Crippen LogP contribution in [0.5, 0.6) is 0 Å². The van der Waals surface area contributed by atoms with Crippen LogP contribution in [0.4, 0.5) is 0 Å². The second-order valence-corrected chi connectivity index (χ2v) is 5.20. The van der Waals surface area contributed by atoms with Gasteiger partial charge in [0.05, 0.1) is 17.5 Å². The van der Waals surface area contributed by atoms with Gasteiger partial charge >= 0.3 is 5.97 Å². The highest BCUT2D eigenvalue weighted by atomic mass is 16.4. The van der Waals surface area contributed by atoms with Crippen LogP contribution in [0.1, 0.15) is 11.1 Å². The predicted molar refractivity (Wildman–Crippen MR) is 82.2 cm³/mol. The van der Waals surface area contributed by atoms with E-state index in [1.807, 2.05) is 41.9 Å². The van der Waals surface area contributed by atoms with E-state index < -0.39 is 5.97 Å². The van der Waals surface area contributed by atoms with Crippen LogP contribution in [0.2, 0.25) is 0 Å². The van der Waals surface area contributed by atoms with Crippen molar-refractivity contribution in [3.8, 4) is 11.4 Å². The van der Waals surface area contributed by atoms with E-state index in [0.717, 1.165) is 28.0 Å². The van der Waals surface area contributed by atoms with Gasteiger partial charge in [-0.2, -0.15) is 0 Å². The average molecular weight is 280 g/mol. The molecule has 0 spiro atoms. The fourth-order valence-corrected chi connectivity index (χ4v) is 2.59. The number of benzene rings is 2. The molecule has 0 bridgehead atoms. The van der Waals surface area contributed by atoms with Crippen LogP contribution in [0.25, 0.3) is 22.4 Å². The van der Waals surface area contributed by atoms with Gasteiger partial charge in [-0.15, -0.1) is 0 Å². The first-order valence-corrected chi connectivity index (χ1v) is 6.79. The maximum absolute atomic E-state index is 10.8. The van der Waals surface area contributed by atoms with Gasteiger partial charge in [0.15, 0.2) is 0 Å². The number of fused-ring (bicyclic) bond motifs is 1. The summed E-state index contributed by atoms with van der Waals surface area (Å²) in [6.45, 7) is 2.06. The van der Waals surface area contributed by atoms with Crippen molar-refractivity contribution < 1.29 is 9.90 Å². The Balaban J connectivity index is 2.15. The average Bonchev–Trinajstić information content (AvgIpc) is 2.75. The van der Waals surface area contributed by atoms with Gasteiger partial charge in [0.2, 0.25) is 0 Å². The molecule has 0 aliphatic rings. The van der Waals surface area contributed by atoms with Gasteiger partial charge in [0.25, 0.3) is 0 Å². The van der Waals surface area contributed by atoms with Crippen molar-refractivity contribution in [2.45, 2.75) is 13.3 Å². The van der Waals surface area contributed by atoms with Gasteiger partial charge in [-0.25, -0.2) is 4.98 Å². The summed E-state index contributed by atoms with van der Waals surface area (Å²) in [6, 6.07) is 13.7. The number of carboxylic acid groups (broad SMARTS) is 1. The zero-order valence-electron chi connectivity index (χ0n) is 12.0. The Labute approximate surface area is 122 Å². The minimum Gasteiger partial charge on any atom is -0.481 e. The number of hydrogen-bond acceptors (Lipinski definition) is 2. The van der Waals surface area contributed by atoms with E-state index in [0.29, 0.717) is 0 Å².